The molecular weight excluding hydrogens is 266 g/mol. The standard InChI is InChI=1S/C17H21NO3/c1-18-12-15(19)17(21-13-8-4-3-5-9-13)14-10-6-7-11-16(14)20-2/h3-11,15,17-19H,12H2,1-2H3. The molecule has 112 valence electrons. The van der Waals surface area contributed by atoms with Crippen LogP contribution in [0.4, 0.5) is 0 Å². The molecule has 2 atom stereocenters. The highest BCUT2D eigenvalue weighted by Crippen LogP contribution is 2.31. The maximum atomic E-state index is 10.4. The Morgan fingerprint density at radius 2 is 1.71 bits per heavy atom. The van der Waals surface area contributed by atoms with Crippen LogP contribution in [-0.4, -0.2) is 31.9 Å². The van der Waals surface area contributed by atoms with Gasteiger partial charge < -0.3 is 19.9 Å². The van der Waals surface area contributed by atoms with Gasteiger partial charge in [0.2, 0.25) is 0 Å². The van der Waals surface area contributed by atoms with E-state index in [-0.39, 0.29) is 0 Å². The van der Waals surface area contributed by atoms with Gasteiger partial charge in [-0.15, -0.1) is 0 Å². The number of aliphatic hydroxyl groups excluding tert-OH is 1. The predicted octanol–water partition coefficient (Wildman–Crippen LogP) is 2.40. The lowest BCUT2D eigenvalue weighted by molar-refractivity contribution is 0.0355. The Morgan fingerprint density at radius 3 is 2.38 bits per heavy atom. The number of hydrogen-bond donors (Lipinski definition) is 2. The van der Waals surface area contributed by atoms with Crippen LogP contribution < -0.4 is 14.8 Å². The van der Waals surface area contributed by atoms with Crippen molar-refractivity contribution >= 4 is 0 Å². The van der Waals surface area contributed by atoms with Crippen LogP contribution >= 0.6 is 0 Å². The van der Waals surface area contributed by atoms with Crippen molar-refractivity contribution in [1.82, 2.24) is 5.32 Å². The predicted molar refractivity (Wildman–Crippen MR) is 82.7 cm³/mol. The quantitative estimate of drug-likeness (QED) is 0.821. The van der Waals surface area contributed by atoms with Crippen LogP contribution in [0, 0.1) is 0 Å². The van der Waals surface area contributed by atoms with Crippen LogP contribution in [0.25, 0.3) is 0 Å². The molecule has 0 saturated heterocycles. The average molecular weight is 287 g/mol. The Hall–Kier alpha value is -2.04. The lowest BCUT2D eigenvalue weighted by Gasteiger charge is -2.26. The van der Waals surface area contributed by atoms with Gasteiger partial charge in [-0.05, 0) is 25.2 Å². The number of nitrogens with one attached hydrogen (secondary N) is 1. The van der Waals surface area contributed by atoms with Crippen molar-refractivity contribution < 1.29 is 14.6 Å². The maximum Gasteiger partial charge on any atom is 0.154 e. The molecule has 0 amide bonds. The van der Waals surface area contributed by atoms with Gasteiger partial charge in [0, 0.05) is 12.1 Å². The normalized spacial score (nSPS) is 13.5. The van der Waals surface area contributed by atoms with E-state index in [2.05, 4.69) is 5.32 Å². The molecule has 0 aliphatic carbocycles. The van der Waals surface area contributed by atoms with Crippen molar-refractivity contribution in [3.05, 3.63) is 60.2 Å². The van der Waals surface area contributed by atoms with E-state index < -0.39 is 12.2 Å². The zero-order valence-electron chi connectivity index (χ0n) is 12.3. The van der Waals surface area contributed by atoms with Gasteiger partial charge in [-0.25, -0.2) is 0 Å². The van der Waals surface area contributed by atoms with Crippen LogP contribution in [0.3, 0.4) is 0 Å². The molecule has 0 aliphatic heterocycles. The second-order valence-electron chi connectivity index (χ2n) is 4.72. The summed E-state index contributed by atoms with van der Waals surface area (Å²) < 4.78 is 11.4. The van der Waals surface area contributed by atoms with Crippen molar-refractivity contribution in [3.8, 4) is 11.5 Å². The number of ether oxygens (including phenoxy) is 2. The molecule has 21 heavy (non-hydrogen) atoms. The lowest BCUT2D eigenvalue weighted by atomic mass is 10.0. The highest BCUT2D eigenvalue weighted by Gasteiger charge is 2.25. The molecule has 0 bridgehead atoms. The monoisotopic (exact) mass is 287 g/mol. The van der Waals surface area contributed by atoms with Gasteiger partial charge in [-0.2, -0.15) is 0 Å². The molecule has 2 unspecified atom stereocenters. The third-order valence-electron chi connectivity index (χ3n) is 3.21. The van der Waals surface area contributed by atoms with Crippen LogP contribution in [-0.2, 0) is 0 Å². The summed E-state index contributed by atoms with van der Waals surface area (Å²) in [7, 11) is 3.41. The lowest BCUT2D eigenvalue weighted by Crippen LogP contribution is -2.33. The number of rotatable bonds is 7. The summed E-state index contributed by atoms with van der Waals surface area (Å²) in [6, 6.07) is 17.0. The molecule has 0 saturated carbocycles. The summed E-state index contributed by atoms with van der Waals surface area (Å²) in [4.78, 5) is 0. The van der Waals surface area contributed by atoms with Crippen LogP contribution in [0.1, 0.15) is 11.7 Å². The van der Waals surface area contributed by atoms with Crippen LogP contribution in [0.2, 0.25) is 0 Å². The molecular formula is C17H21NO3. The molecule has 0 aromatic heterocycles. The Labute approximate surface area is 125 Å². The average Bonchev–Trinajstić information content (AvgIpc) is 2.54. The van der Waals surface area contributed by atoms with E-state index in [0.29, 0.717) is 18.0 Å². The molecule has 4 heteroatoms. The van der Waals surface area contributed by atoms with Gasteiger partial charge in [0.1, 0.15) is 17.6 Å². The highest BCUT2D eigenvalue weighted by molar-refractivity contribution is 5.37. The fourth-order valence-electron chi connectivity index (χ4n) is 2.21. The maximum absolute atomic E-state index is 10.4. The van der Waals surface area contributed by atoms with Gasteiger partial charge in [0.25, 0.3) is 0 Å². The molecule has 0 heterocycles. The second kappa shape index (κ2) is 7.67. The fraction of sp³-hybridized carbons (Fsp3) is 0.294. The molecule has 0 radical (unpaired) electrons. The minimum absolute atomic E-state index is 0.426. The summed E-state index contributed by atoms with van der Waals surface area (Å²) in [5.74, 6) is 1.41. The molecule has 0 aliphatic rings. The van der Waals surface area contributed by atoms with Crippen LogP contribution in [0.5, 0.6) is 11.5 Å². The van der Waals surface area contributed by atoms with E-state index in [1.165, 1.54) is 0 Å². The first-order chi connectivity index (χ1) is 10.3. The molecule has 0 spiro atoms. The third kappa shape index (κ3) is 3.97. The number of methoxy groups -OCH3 is 1. The molecule has 2 N–H and O–H groups in total. The Balaban J connectivity index is 2.31. The zero-order chi connectivity index (χ0) is 15.1. The minimum atomic E-state index is -0.688. The first kappa shape index (κ1) is 15.4. The van der Waals surface area contributed by atoms with Gasteiger partial charge >= 0.3 is 0 Å². The molecule has 4 nitrogen and oxygen atoms in total. The number of benzene rings is 2. The summed E-state index contributed by atoms with van der Waals surface area (Å²) in [6.07, 6.45) is -1.19. The summed E-state index contributed by atoms with van der Waals surface area (Å²) in [6.45, 7) is 0.426. The highest BCUT2D eigenvalue weighted by atomic mass is 16.5. The van der Waals surface area contributed by atoms with E-state index >= 15 is 0 Å². The zero-order valence-corrected chi connectivity index (χ0v) is 12.3. The van der Waals surface area contributed by atoms with Gasteiger partial charge in [0.15, 0.2) is 6.10 Å². The Bertz CT molecular complexity index is 545. The van der Waals surface area contributed by atoms with E-state index in [1.807, 2.05) is 54.6 Å². The smallest absolute Gasteiger partial charge is 0.154 e. The van der Waals surface area contributed by atoms with E-state index in [0.717, 1.165) is 5.56 Å². The van der Waals surface area contributed by atoms with Crippen LogP contribution in [0.15, 0.2) is 54.6 Å². The van der Waals surface area contributed by atoms with Gasteiger partial charge in [0.05, 0.1) is 7.11 Å². The van der Waals surface area contributed by atoms with Crippen molar-refractivity contribution in [2.75, 3.05) is 20.7 Å². The molecule has 0 fully saturated rings. The van der Waals surface area contributed by atoms with Crippen molar-refractivity contribution in [3.63, 3.8) is 0 Å². The minimum Gasteiger partial charge on any atom is -0.496 e. The number of aliphatic hydroxyl groups is 1. The van der Waals surface area contributed by atoms with E-state index in [1.54, 1.807) is 14.2 Å². The topological polar surface area (TPSA) is 50.7 Å². The number of hydrogen-bond acceptors (Lipinski definition) is 4. The van der Waals surface area contributed by atoms with Crippen molar-refractivity contribution in [2.45, 2.75) is 12.2 Å². The van der Waals surface area contributed by atoms with Crippen molar-refractivity contribution in [2.24, 2.45) is 0 Å². The van der Waals surface area contributed by atoms with Gasteiger partial charge in [-0.1, -0.05) is 36.4 Å². The third-order valence-corrected chi connectivity index (χ3v) is 3.21. The van der Waals surface area contributed by atoms with Gasteiger partial charge in [-0.3, -0.25) is 0 Å². The summed E-state index contributed by atoms with van der Waals surface area (Å²) in [5.41, 5.74) is 0.826. The summed E-state index contributed by atoms with van der Waals surface area (Å²) in [5, 5.41) is 13.4. The molecule has 2 aromatic carbocycles. The largest absolute Gasteiger partial charge is 0.496 e. The number of para-hydroxylation sites is 2. The first-order valence-electron chi connectivity index (χ1n) is 6.93. The van der Waals surface area contributed by atoms with Crippen molar-refractivity contribution in [1.29, 1.82) is 0 Å². The number of likely N-dealkylation sites (N-methyl/N-ethyl adjacent to an activating group) is 1. The van der Waals surface area contributed by atoms with E-state index in [9.17, 15) is 5.11 Å². The second-order valence-corrected chi connectivity index (χ2v) is 4.72. The SMILES string of the molecule is CNCC(O)C(Oc1ccccc1)c1ccccc1OC. The summed E-state index contributed by atoms with van der Waals surface area (Å²) >= 11 is 0. The van der Waals surface area contributed by atoms with E-state index in [4.69, 9.17) is 9.47 Å². The molecule has 2 aromatic rings. The Morgan fingerprint density at radius 1 is 1.05 bits per heavy atom. The fourth-order valence-corrected chi connectivity index (χ4v) is 2.21. The first-order valence-corrected chi connectivity index (χ1v) is 6.93. The molecule has 2 rings (SSSR count). The Kier molecular flexibility index (Phi) is 5.60.